The number of hydrogen-bond donors (Lipinski definition) is 1. The molecule has 1 amide bonds. The highest BCUT2D eigenvalue weighted by molar-refractivity contribution is 9.10. The minimum absolute atomic E-state index is 0.425. The molecule has 0 aliphatic carbocycles. The number of rotatable bonds is 1. The molecule has 1 aromatic heterocycles. The minimum Gasteiger partial charge on any atom is -0.444 e. The van der Waals surface area contributed by atoms with Gasteiger partial charge in [-0.1, -0.05) is 11.6 Å². The second kappa shape index (κ2) is 5.01. The van der Waals surface area contributed by atoms with Gasteiger partial charge in [-0.25, -0.2) is 4.79 Å². The fourth-order valence-electron chi connectivity index (χ4n) is 0.920. The predicted octanol–water partition coefficient (Wildman–Crippen LogP) is 3.84. The number of halogens is 2. The average molecular weight is 308 g/mol. The van der Waals surface area contributed by atoms with E-state index < -0.39 is 11.7 Å². The van der Waals surface area contributed by atoms with Gasteiger partial charge in [-0.05, 0) is 36.7 Å². The molecule has 88 valence electrons. The molecule has 0 saturated carbocycles. The molecule has 6 heteroatoms. The van der Waals surface area contributed by atoms with E-state index in [4.69, 9.17) is 16.3 Å². The van der Waals surface area contributed by atoms with Crippen LogP contribution in [0.5, 0.6) is 0 Å². The zero-order valence-corrected chi connectivity index (χ0v) is 11.5. The fourth-order valence-corrected chi connectivity index (χ4v) is 1.38. The quantitative estimate of drug-likeness (QED) is 0.857. The Hall–Kier alpha value is -0.810. The van der Waals surface area contributed by atoms with Gasteiger partial charge in [0.25, 0.3) is 0 Å². The predicted molar refractivity (Wildman–Crippen MR) is 66.8 cm³/mol. The van der Waals surface area contributed by atoms with Crippen molar-refractivity contribution >= 4 is 39.3 Å². The summed E-state index contributed by atoms with van der Waals surface area (Å²) in [7, 11) is 0. The van der Waals surface area contributed by atoms with Gasteiger partial charge < -0.3 is 4.74 Å². The van der Waals surface area contributed by atoms with Crippen LogP contribution in [0, 0.1) is 0 Å². The zero-order chi connectivity index (χ0) is 12.3. The first-order chi connectivity index (χ1) is 7.29. The number of aromatic nitrogens is 1. The van der Waals surface area contributed by atoms with Crippen LogP contribution in [0.4, 0.5) is 10.5 Å². The van der Waals surface area contributed by atoms with Crippen molar-refractivity contribution in [2.45, 2.75) is 26.4 Å². The Morgan fingerprint density at radius 2 is 2.12 bits per heavy atom. The van der Waals surface area contributed by atoms with Crippen LogP contribution in [0.2, 0.25) is 5.02 Å². The number of hydrogen-bond acceptors (Lipinski definition) is 3. The van der Waals surface area contributed by atoms with E-state index in [1.165, 1.54) is 12.4 Å². The molecule has 1 aromatic rings. The Morgan fingerprint density at radius 3 is 2.69 bits per heavy atom. The van der Waals surface area contributed by atoms with Gasteiger partial charge in [-0.2, -0.15) is 0 Å². The van der Waals surface area contributed by atoms with E-state index in [9.17, 15) is 4.79 Å². The van der Waals surface area contributed by atoms with Crippen molar-refractivity contribution in [2.75, 3.05) is 5.32 Å². The number of pyridine rings is 1. The molecule has 0 aliphatic heterocycles. The van der Waals surface area contributed by atoms with Crippen LogP contribution in [-0.2, 0) is 4.74 Å². The molecular formula is C10H12BrClN2O2. The Bertz CT molecular complexity index is 404. The molecule has 0 spiro atoms. The van der Waals surface area contributed by atoms with E-state index in [-0.39, 0.29) is 0 Å². The maximum absolute atomic E-state index is 11.5. The topological polar surface area (TPSA) is 51.2 Å². The third kappa shape index (κ3) is 3.98. The Morgan fingerprint density at radius 1 is 1.50 bits per heavy atom. The van der Waals surface area contributed by atoms with Crippen LogP contribution in [0.1, 0.15) is 20.8 Å². The van der Waals surface area contributed by atoms with Crippen LogP contribution in [-0.4, -0.2) is 16.7 Å². The van der Waals surface area contributed by atoms with Gasteiger partial charge in [0.1, 0.15) is 5.60 Å². The molecule has 1 N–H and O–H groups in total. The Balaban J connectivity index is 2.74. The van der Waals surface area contributed by atoms with Gasteiger partial charge in [0.2, 0.25) is 0 Å². The van der Waals surface area contributed by atoms with E-state index in [1.807, 2.05) is 0 Å². The number of nitrogens with one attached hydrogen (secondary N) is 1. The molecule has 0 atom stereocenters. The lowest BCUT2D eigenvalue weighted by atomic mass is 10.2. The van der Waals surface area contributed by atoms with E-state index in [0.29, 0.717) is 15.2 Å². The summed E-state index contributed by atoms with van der Waals surface area (Å²) in [5.74, 6) is 0. The summed E-state index contributed by atoms with van der Waals surface area (Å²) in [4.78, 5) is 15.3. The van der Waals surface area contributed by atoms with Gasteiger partial charge in [0.15, 0.2) is 0 Å². The molecule has 0 saturated heterocycles. The molecule has 0 radical (unpaired) electrons. The first kappa shape index (κ1) is 13.3. The lowest BCUT2D eigenvalue weighted by Gasteiger charge is -2.19. The van der Waals surface area contributed by atoms with E-state index >= 15 is 0 Å². The third-order valence-corrected chi connectivity index (χ3v) is 2.84. The van der Waals surface area contributed by atoms with Gasteiger partial charge >= 0.3 is 6.09 Å². The first-order valence-electron chi connectivity index (χ1n) is 4.58. The molecule has 1 rings (SSSR count). The molecule has 0 fully saturated rings. The van der Waals surface area contributed by atoms with Crippen molar-refractivity contribution in [3.8, 4) is 0 Å². The zero-order valence-electron chi connectivity index (χ0n) is 9.17. The van der Waals surface area contributed by atoms with Crippen LogP contribution < -0.4 is 5.32 Å². The van der Waals surface area contributed by atoms with E-state index in [1.54, 1.807) is 20.8 Å². The maximum Gasteiger partial charge on any atom is 0.412 e. The van der Waals surface area contributed by atoms with Gasteiger partial charge in [-0.15, -0.1) is 0 Å². The van der Waals surface area contributed by atoms with E-state index in [0.717, 1.165) is 0 Å². The summed E-state index contributed by atoms with van der Waals surface area (Å²) in [6.45, 7) is 5.37. The number of carbonyl (C=O) groups is 1. The summed E-state index contributed by atoms with van der Waals surface area (Å²) in [5, 5.41) is 2.98. The molecule has 1 heterocycles. The minimum atomic E-state index is -0.544. The largest absolute Gasteiger partial charge is 0.444 e. The van der Waals surface area contributed by atoms with Crippen LogP contribution >= 0.6 is 27.5 Å². The number of amides is 1. The number of anilines is 1. The van der Waals surface area contributed by atoms with Crippen molar-refractivity contribution in [1.29, 1.82) is 0 Å². The maximum atomic E-state index is 11.5. The van der Waals surface area contributed by atoms with Crippen molar-refractivity contribution in [2.24, 2.45) is 0 Å². The normalized spacial score (nSPS) is 11.1. The average Bonchev–Trinajstić information content (AvgIpc) is 2.09. The van der Waals surface area contributed by atoms with Gasteiger partial charge in [0.05, 0.1) is 21.4 Å². The van der Waals surface area contributed by atoms with Crippen molar-refractivity contribution in [3.63, 3.8) is 0 Å². The molecule has 0 aromatic carbocycles. The van der Waals surface area contributed by atoms with Gasteiger partial charge in [-0.3, -0.25) is 10.3 Å². The summed E-state index contributed by atoms with van der Waals surface area (Å²) >= 11 is 9.07. The third-order valence-electron chi connectivity index (χ3n) is 1.47. The summed E-state index contributed by atoms with van der Waals surface area (Å²) < 4.78 is 5.67. The molecule has 16 heavy (non-hydrogen) atoms. The summed E-state index contributed by atoms with van der Waals surface area (Å²) in [5.41, 5.74) is -0.0653. The Labute approximate surface area is 107 Å². The summed E-state index contributed by atoms with van der Waals surface area (Å²) in [6.07, 6.45) is 2.42. The number of carbonyl (C=O) groups excluding carboxylic acids is 1. The monoisotopic (exact) mass is 306 g/mol. The van der Waals surface area contributed by atoms with Crippen molar-refractivity contribution < 1.29 is 9.53 Å². The van der Waals surface area contributed by atoms with Crippen molar-refractivity contribution in [3.05, 3.63) is 21.9 Å². The fraction of sp³-hybridized carbons (Fsp3) is 0.400. The second-order valence-corrected chi connectivity index (χ2v) is 5.31. The van der Waals surface area contributed by atoms with Crippen LogP contribution in [0.25, 0.3) is 0 Å². The smallest absolute Gasteiger partial charge is 0.412 e. The summed E-state index contributed by atoms with van der Waals surface area (Å²) in [6, 6.07) is 0. The SMILES string of the molecule is CC(C)(C)OC(=O)Nc1cncc(Cl)c1Br. The number of ether oxygens (including phenoxy) is 1. The molecule has 0 unspecified atom stereocenters. The molecule has 0 bridgehead atoms. The number of nitrogens with zero attached hydrogens (tertiary/aromatic N) is 1. The second-order valence-electron chi connectivity index (χ2n) is 4.11. The lowest BCUT2D eigenvalue weighted by molar-refractivity contribution is 0.0636. The first-order valence-corrected chi connectivity index (χ1v) is 5.76. The Kier molecular flexibility index (Phi) is 4.15. The molecular weight excluding hydrogens is 295 g/mol. The van der Waals surface area contributed by atoms with Gasteiger partial charge in [0, 0.05) is 6.20 Å². The van der Waals surface area contributed by atoms with Crippen LogP contribution in [0.15, 0.2) is 16.9 Å². The highest BCUT2D eigenvalue weighted by Gasteiger charge is 2.17. The highest BCUT2D eigenvalue weighted by atomic mass is 79.9. The molecule has 0 aliphatic rings. The van der Waals surface area contributed by atoms with Crippen LogP contribution in [0.3, 0.4) is 0 Å². The lowest BCUT2D eigenvalue weighted by Crippen LogP contribution is -2.27. The van der Waals surface area contributed by atoms with E-state index in [2.05, 4.69) is 26.2 Å². The van der Waals surface area contributed by atoms with Crippen molar-refractivity contribution in [1.82, 2.24) is 4.98 Å². The molecule has 4 nitrogen and oxygen atoms in total. The highest BCUT2D eigenvalue weighted by Crippen LogP contribution is 2.29. The standard InChI is InChI=1S/C10H12BrClN2O2/c1-10(2,3)16-9(15)14-7-5-13-4-6(12)8(7)11/h4-5H,1-3H3,(H,14,15).